The number of nitrogens with one attached hydrogen (secondary N) is 2. The van der Waals surface area contributed by atoms with Gasteiger partial charge in [0.2, 0.25) is 5.91 Å². The molecule has 2 aromatic carbocycles. The fourth-order valence-electron chi connectivity index (χ4n) is 3.08. The minimum atomic E-state index is -0.582. The SMILES string of the molecule is CCOC(=O)CN[C@@H](Cc1ccccc1)C(=O)Nc1cccc(-c2ccncc2)c1. The molecule has 30 heavy (non-hydrogen) atoms. The predicted molar refractivity (Wildman–Crippen MR) is 117 cm³/mol. The molecule has 0 radical (unpaired) electrons. The number of carbonyl (C=O) groups excluding carboxylic acids is 2. The number of anilines is 1. The Labute approximate surface area is 176 Å². The van der Waals surface area contributed by atoms with E-state index in [-0.39, 0.29) is 18.4 Å². The van der Waals surface area contributed by atoms with Crippen LogP contribution in [0.3, 0.4) is 0 Å². The zero-order valence-corrected chi connectivity index (χ0v) is 16.9. The maximum absolute atomic E-state index is 13.0. The van der Waals surface area contributed by atoms with Gasteiger partial charge in [0, 0.05) is 18.1 Å². The van der Waals surface area contributed by atoms with Gasteiger partial charge in [-0.1, -0.05) is 42.5 Å². The van der Waals surface area contributed by atoms with E-state index in [0.717, 1.165) is 16.7 Å². The van der Waals surface area contributed by atoms with Crippen LogP contribution in [0.15, 0.2) is 79.1 Å². The summed E-state index contributed by atoms with van der Waals surface area (Å²) >= 11 is 0. The van der Waals surface area contributed by atoms with Crippen molar-refractivity contribution in [3.8, 4) is 11.1 Å². The summed E-state index contributed by atoms with van der Waals surface area (Å²) in [7, 11) is 0. The van der Waals surface area contributed by atoms with Crippen LogP contribution in [-0.4, -0.2) is 36.1 Å². The first-order valence-electron chi connectivity index (χ1n) is 9.90. The highest BCUT2D eigenvalue weighted by molar-refractivity contribution is 5.95. The number of pyridine rings is 1. The third-order valence-electron chi connectivity index (χ3n) is 4.54. The van der Waals surface area contributed by atoms with Crippen molar-refractivity contribution >= 4 is 17.6 Å². The summed E-state index contributed by atoms with van der Waals surface area (Å²) in [4.78, 5) is 28.8. The Kier molecular flexibility index (Phi) is 7.69. The molecule has 3 rings (SSSR count). The molecule has 1 atom stereocenters. The smallest absolute Gasteiger partial charge is 0.319 e. The molecule has 2 N–H and O–H groups in total. The molecular formula is C24H25N3O3. The van der Waals surface area contributed by atoms with Crippen molar-refractivity contribution in [1.82, 2.24) is 10.3 Å². The minimum absolute atomic E-state index is 0.0319. The van der Waals surface area contributed by atoms with Crippen LogP contribution in [0.1, 0.15) is 12.5 Å². The first-order valence-corrected chi connectivity index (χ1v) is 9.90. The summed E-state index contributed by atoms with van der Waals surface area (Å²) < 4.78 is 4.97. The first-order chi connectivity index (χ1) is 14.7. The fourth-order valence-corrected chi connectivity index (χ4v) is 3.08. The van der Waals surface area contributed by atoms with Gasteiger partial charge in [0.1, 0.15) is 0 Å². The highest BCUT2D eigenvalue weighted by Gasteiger charge is 2.20. The van der Waals surface area contributed by atoms with Gasteiger partial charge in [-0.25, -0.2) is 0 Å². The van der Waals surface area contributed by atoms with Crippen molar-refractivity contribution in [2.45, 2.75) is 19.4 Å². The number of ether oxygens (including phenoxy) is 1. The first kappa shape index (κ1) is 21.2. The van der Waals surface area contributed by atoms with E-state index in [1.807, 2.05) is 66.7 Å². The zero-order chi connectivity index (χ0) is 21.2. The molecule has 0 aliphatic rings. The molecule has 1 heterocycles. The molecule has 0 unspecified atom stereocenters. The van der Waals surface area contributed by atoms with E-state index in [1.165, 1.54) is 0 Å². The van der Waals surface area contributed by atoms with Crippen molar-refractivity contribution < 1.29 is 14.3 Å². The second kappa shape index (κ2) is 10.9. The normalized spacial score (nSPS) is 11.5. The molecule has 0 bridgehead atoms. The summed E-state index contributed by atoms with van der Waals surface area (Å²) in [5, 5.41) is 5.98. The highest BCUT2D eigenvalue weighted by atomic mass is 16.5. The number of carbonyl (C=O) groups is 2. The van der Waals surface area contributed by atoms with Crippen LogP contribution in [0.2, 0.25) is 0 Å². The molecule has 1 aromatic heterocycles. The van der Waals surface area contributed by atoms with Gasteiger partial charge >= 0.3 is 5.97 Å². The van der Waals surface area contributed by atoms with E-state index in [1.54, 1.807) is 19.3 Å². The largest absolute Gasteiger partial charge is 0.465 e. The van der Waals surface area contributed by atoms with Crippen molar-refractivity contribution in [2.75, 3.05) is 18.5 Å². The van der Waals surface area contributed by atoms with E-state index in [9.17, 15) is 9.59 Å². The number of rotatable bonds is 9. The quantitative estimate of drug-likeness (QED) is 0.535. The van der Waals surface area contributed by atoms with E-state index in [0.29, 0.717) is 18.7 Å². The maximum Gasteiger partial charge on any atom is 0.319 e. The van der Waals surface area contributed by atoms with Crippen LogP contribution in [0.4, 0.5) is 5.69 Å². The Morgan fingerprint density at radius 1 is 0.967 bits per heavy atom. The average Bonchev–Trinajstić information content (AvgIpc) is 2.78. The topological polar surface area (TPSA) is 80.3 Å². The van der Waals surface area contributed by atoms with Gasteiger partial charge in [0.25, 0.3) is 0 Å². The Hall–Kier alpha value is -3.51. The van der Waals surface area contributed by atoms with Gasteiger partial charge in [-0.05, 0) is 54.3 Å². The standard InChI is InChI=1S/C24H25N3O3/c1-2-30-23(28)17-26-22(15-18-7-4-3-5-8-18)24(29)27-21-10-6-9-20(16-21)19-11-13-25-14-12-19/h3-14,16,22,26H,2,15,17H2,1H3,(H,27,29)/t22-/m0/s1. The third kappa shape index (κ3) is 6.25. The highest BCUT2D eigenvalue weighted by Crippen LogP contribution is 2.22. The maximum atomic E-state index is 13.0. The number of hydrogen-bond donors (Lipinski definition) is 2. The fraction of sp³-hybridized carbons (Fsp3) is 0.208. The summed E-state index contributed by atoms with van der Waals surface area (Å²) in [6, 6.07) is 20.6. The summed E-state index contributed by atoms with van der Waals surface area (Å²) in [6.07, 6.45) is 3.92. The van der Waals surface area contributed by atoms with Crippen molar-refractivity contribution in [3.05, 3.63) is 84.7 Å². The van der Waals surface area contributed by atoms with Crippen LogP contribution in [0.5, 0.6) is 0 Å². The summed E-state index contributed by atoms with van der Waals surface area (Å²) in [5.74, 6) is -0.599. The number of nitrogens with zero attached hydrogens (tertiary/aromatic N) is 1. The van der Waals surface area contributed by atoms with Crippen molar-refractivity contribution in [1.29, 1.82) is 0 Å². The van der Waals surface area contributed by atoms with Crippen LogP contribution in [0.25, 0.3) is 11.1 Å². The molecule has 6 heteroatoms. The number of hydrogen-bond acceptors (Lipinski definition) is 5. The lowest BCUT2D eigenvalue weighted by Crippen LogP contribution is -2.44. The molecular weight excluding hydrogens is 378 g/mol. The predicted octanol–water partition coefficient (Wildman–Crippen LogP) is 3.45. The van der Waals surface area contributed by atoms with E-state index < -0.39 is 6.04 Å². The molecule has 0 aliphatic carbocycles. The molecule has 154 valence electrons. The monoisotopic (exact) mass is 403 g/mol. The van der Waals surface area contributed by atoms with E-state index in [4.69, 9.17) is 4.74 Å². The van der Waals surface area contributed by atoms with Gasteiger partial charge in [0.05, 0.1) is 19.2 Å². The lowest BCUT2D eigenvalue weighted by atomic mass is 10.0. The number of esters is 1. The third-order valence-corrected chi connectivity index (χ3v) is 4.54. The van der Waals surface area contributed by atoms with Crippen LogP contribution < -0.4 is 10.6 Å². The van der Waals surface area contributed by atoms with Gasteiger partial charge in [-0.15, -0.1) is 0 Å². The van der Waals surface area contributed by atoms with Crippen LogP contribution in [-0.2, 0) is 20.7 Å². The summed E-state index contributed by atoms with van der Waals surface area (Å²) in [6.45, 7) is 2.02. The molecule has 1 amide bonds. The van der Waals surface area contributed by atoms with Crippen molar-refractivity contribution in [2.24, 2.45) is 0 Å². The Morgan fingerprint density at radius 2 is 1.73 bits per heavy atom. The molecule has 3 aromatic rings. The van der Waals surface area contributed by atoms with Gasteiger partial charge in [0.15, 0.2) is 0 Å². The Balaban J connectivity index is 1.72. The molecule has 0 fully saturated rings. The second-order valence-electron chi connectivity index (χ2n) is 6.73. The molecule has 6 nitrogen and oxygen atoms in total. The van der Waals surface area contributed by atoms with Gasteiger partial charge < -0.3 is 10.1 Å². The van der Waals surface area contributed by atoms with E-state index in [2.05, 4.69) is 15.6 Å². The number of amides is 1. The summed E-state index contributed by atoms with van der Waals surface area (Å²) in [5.41, 5.74) is 3.68. The van der Waals surface area contributed by atoms with E-state index >= 15 is 0 Å². The average molecular weight is 403 g/mol. The second-order valence-corrected chi connectivity index (χ2v) is 6.73. The van der Waals surface area contributed by atoms with Crippen LogP contribution >= 0.6 is 0 Å². The van der Waals surface area contributed by atoms with Crippen LogP contribution in [0, 0.1) is 0 Å². The molecule has 0 spiro atoms. The van der Waals surface area contributed by atoms with Crippen molar-refractivity contribution in [3.63, 3.8) is 0 Å². The molecule has 0 saturated heterocycles. The minimum Gasteiger partial charge on any atom is -0.465 e. The van der Waals surface area contributed by atoms with Gasteiger partial charge in [-0.3, -0.25) is 19.9 Å². The van der Waals surface area contributed by atoms with Gasteiger partial charge in [-0.2, -0.15) is 0 Å². The number of benzene rings is 2. The zero-order valence-electron chi connectivity index (χ0n) is 16.9. The number of aromatic nitrogens is 1. The Morgan fingerprint density at radius 3 is 2.47 bits per heavy atom. The Bertz CT molecular complexity index is 962. The lowest BCUT2D eigenvalue weighted by molar-refractivity contribution is -0.142. The lowest BCUT2D eigenvalue weighted by Gasteiger charge is -2.18. The molecule has 0 saturated carbocycles. The molecule has 0 aliphatic heterocycles.